The first kappa shape index (κ1) is 14.7. The van der Waals surface area contributed by atoms with Crippen LogP contribution in [-0.2, 0) is 4.79 Å². The number of halogens is 1. The fourth-order valence-corrected chi connectivity index (χ4v) is 3.40. The van der Waals surface area contributed by atoms with Crippen LogP contribution in [0.15, 0.2) is 18.2 Å². The third-order valence-electron chi connectivity index (χ3n) is 4.36. The quantitative estimate of drug-likeness (QED) is 0.932. The molecule has 0 spiro atoms. The summed E-state index contributed by atoms with van der Waals surface area (Å²) in [4.78, 5) is 14.3. The van der Waals surface area contributed by atoms with E-state index < -0.39 is 0 Å². The van der Waals surface area contributed by atoms with E-state index in [9.17, 15) is 4.79 Å². The fourth-order valence-electron chi connectivity index (χ4n) is 3.18. The SMILES string of the molecule is Cc1cc(Cl)ccc1OCC(=O)N1CCC2CCC(C1)N2. The first-order valence-electron chi connectivity index (χ1n) is 7.54. The summed E-state index contributed by atoms with van der Waals surface area (Å²) < 4.78 is 5.66. The van der Waals surface area contributed by atoms with Crippen molar-refractivity contribution >= 4 is 17.5 Å². The van der Waals surface area contributed by atoms with Gasteiger partial charge in [0.2, 0.25) is 0 Å². The summed E-state index contributed by atoms with van der Waals surface area (Å²) in [6.07, 6.45) is 3.46. The van der Waals surface area contributed by atoms with Crippen molar-refractivity contribution < 1.29 is 9.53 Å². The van der Waals surface area contributed by atoms with Crippen LogP contribution >= 0.6 is 11.6 Å². The first-order chi connectivity index (χ1) is 10.1. The average Bonchev–Trinajstić information content (AvgIpc) is 2.77. The van der Waals surface area contributed by atoms with E-state index in [0.717, 1.165) is 30.8 Å². The van der Waals surface area contributed by atoms with E-state index in [-0.39, 0.29) is 12.5 Å². The van der Waals surface area contributed by atoms with Crippen LogP contribution in [0.25, 0.3) is 0 Å². The summed E-state index contributed by atoms with van der Waals surface area (Å²) in [5.74, 6) is 0.793. The van der Waals surface area contributed by atoms with E-state index in [1.54, 1.807) is 6.07 Å². The number of carbonyl (C=O) groups is 1. The second kappa shape index (κ2) is 6.24. The molecule has 2 aliphatic heterocycles. The van der Waals surface area contributed by atoms with Crippen LogP contribution < -0.4 is 10.1 Å². The number of nitrogens with zero attached hydrogens (tertiary/aromatic N) is 1. The van der Waals surface area contributed by atoms with Crippen molar-refractivity contribution in [1.82, 2.24) is 10.2 Å². The molecule has 1 aromatic rings. The van der Waals surface area contributed by atoms with Gasteiger partial charge in [-0.1, -0.05) is 11.6 Å². The molecule has 2 saturated heterocycles. The number of hydrogen-bond donors (Lipinski definition) is 1. The lowest BCUT2D eigenvalue weighted by molar-refractivity contribution is -0.133. The van der Waals surface area contributed by atoms with Gasteiger partial charge >= 0.3 is 0 Å². The van der Waals surface area contributed by atoms with Gasteiger partial charge in [0.15, 0.2) is 6.61 Å². The van der Waals surface area contributed by atoms with Crippen LogP contribution in [0.4, 0.5) is 0 Å². The van der Waals surface area contributed by atoms with Gasteiger partial charge in [-0.05, 0) is 49.9 Å². The smallest absolute Gasteiger partial charge is 0.260 e. The molecule has 0 saturated carbocycles. The zero-order valence-electron chi connectivity index (χ0n) is 12.3. The van der Waals surface area contributed by atoms with E-state index in [4.69, 9.17) is 16.3 Å². The predicted octanol–water partition coefficient (Wildman–Crippen LogP) is 2.38. The molecule has 5 heteroatoms. The zero-order chi connectivity index (χ0) is 14.8. The van der Waals surface area contributed by atoms with Gasteiger partial charge in [-0.15, -0.1) is 0 Å². The highest BCUT2D eigenvalue weighted by atomic mass is 35.5. The number of amides is 1. The van der Waals surface area contributed by atoms with E-state index in [2.05, 4.69) is 5.32 Å². The molecule has 2 atom stereocenters. The molecule has 4 nitrogen and oxygen atoms in total. The van der Waals surface area contributed by atoms with E-state index in [1.165, 1.54) is 12.8 Å². The second-order valence-corrected chi connectivity index (χ2v) is 6.40. The maximum atomic E-state index is 12.3. The minimum atomic E-state index is 0.0682. The Morgan fingerprint density at radius 3 is 3.00 bits per heavy atom. The molecular formula is C16H21ClN2O2. The molecule has 1 N–H and O–H groups in total. The van der Waals surface area contributed by atoms with Crippen LogP contribution in [0, 0.1) is 6.92 Å². The molecule has 0 radical (unpaired) electrons. The normalized spacial score (nSPS) is 24.8. The Bertz CT molecular complexity index is 535. The summed E-state index contributed by atoms with van der Waals surface area (Å²) >= 11 is 5.92. The Morgan fingerprint density at radius 2 is 2.19 bits per heavy atom. The fraction of sp³-hybridized carbons (Fsp3) is 0.562. The molecule has 1 aromatic carbocycles. The van der Waals surface area contributed by atoms with Crippen molar-refractivity contribution in [2.45, 2.75) is 38.3 Å². The molecular weight excluding hydrogens is 288 g/mol. The van der Waals surface area contributed by atoms with Gasteiger partial charge in [0.05, 0.1) is 0 Å². The number of fused-ring (bicyclic) bond motifs is 2. The van der Waals surface area contributed by atoms with E-state index in [0.29, 0.717) is 17.1 Å². The molecule has 2 aliphatic rings. The van der Waals surface area contributed by atoms with Crippen LogP contribution in [-0.4, -0.2) is 42.6 Å². The molecule has 2 fully saturated rings. The van der Waals surface area contributed by atoms with Crippen LogP contribution in [0.5, 0.6) is 5.75 Å². The van der Waals surface area contributed by atoms with Crippen LogP contribution in [0.3, 0.4) is 0 Å². The molecule has 2 bridgehead atoms. The van der Waals surface area contributed by atoms with E-state index in [1.807, 2.05) is 24.0 Å². The molecule has 21 heavy (non-hydrogen) atoms. The van der Waals surface area contributed by atoms with Gasteiger partial charge in [0, 0.05) is 30.2 Å². The number of ether oxygens (including phenoxy) is 1. The highest BCUT2D eigenvalue weighted by Gasteiger charge is 2.31. The molecule has 2 heterocycles. The van der Waals surface area contributed by atoms with Gasteiger partial charge in [-0.3, -0.25) is 4.79 Å². The van der Waals surface area contributed by atoms with Crippen molar-refractivity contribution in [3.63, 3.8) is 0 Å². The Labute approximate surface area is 130 Å². The summed E-state index contributed by atoms with van der Waals surface area (Å²) in [6, 6.07) is 6.49. The Balaban J connectivity index is 1.56. The molecule has 3 rings (SSSR count). The van der Waals surface area contributed by atoms with Crippen LogP contribution in [0.1, 0.15) is 24.8 Å². The number of rotatable bonds is 3. The number of aryl methyl sites for hydroxylation is 1. The molecule has 2 unspecified atom stereocenters. The standard InChI is InChI=1S/C16H21ClN2O2/c1-11-8-12(17)2-5-15(11)21-10-16(20)19-7-6-13-3-4-14(9-19)18-13/h2,5,8,13-14,18H,3-4,6-7,9-10H2,1H3. The van der Waals surface area contributed by atoms with Gasteiger partial charge in [-0.2, -0.15) is 0 Å². The van der Waals surface area contributed by atoms with Gasteiger partial charge in [0.1, 0.15) is 5.75 Å². The van der Waals surface area contributed by atoms with Crippen molar-refractivity contribution in [2.75, 3.05) is 19.7 Å². The molecule has 1 amide bonds. The lowest BCUT2D eigenvalue weighted by atomic mass is 10.1. The zero-order valence-corrected chi connectivity index (χ0v) is 13.0. The third-order valence-corrected chi connectivity index (χ3v) is 4.60. The first-order valence-corrected chi connectivity index (χ1v) is 7.92. The van der Waals surface area contributed by atoms with Gasteiger partial charge in [-0.25, -0.2) is 0 Å². The third kappa shape index (κ3) is 3.50. The lowest BCUT2D eigenvalue weighted by Crippen LogP contribution is -2.41. The number of likely N-dealkylation sites (tertiary alicyclic amines) is 1. The predicted molar refractivity (Wildman–Crippen MR) is 82.8 cm³/mol. The maximum Gasteiger partial charge on any atom is 0.260 e. The summed E-state index contributed by atoms with van der Waals surface area (Å²) in [7, 11) is 0. The largest absolute Gasteiger partial charge is 0.483 e. The maximum absolute atomic E-state index is 12.3. The van der Waals surface area contributed by atoms with Gasteiger partial charge in [0.25, 0.3) is 5.91 Å². The molecule has 0 aromatic heterocycles. The monoisotopic (exact) mass is 308 g/mol. The highest BCUT2D eigenvalue weighted by Crippen LogP contribution is 2.23. The number of benzene rings is 1. The minimum absolute atomic E-state index is 0.0682. The van der Waals surface area contributed by atoms with Crippen molar-refractivity contribution in [3.05, 3.63) is 28.8 Å². The van der Waals surface area contributed by atoms with Crippen molar-refractivity contribution in [1.29, 1.82) is 0 Å². The highest BCUT2D eigenvalue weighted by molar-refractivity contribution is 6.30. The Kier molecular flexibility index (Phi) is 4.36. The van der Waals surface area contributed by atoms with E-state index >= 15 is 0 Å². The summed E-state index contributed by atoms with van der Waals surface area (Å²) in [6.45, 7) is 3.66. The minimum Gasteiger partial charge on any atom is -0.483 e. The van der Waals surface area contributed by atoms with Crippen molar-refractivity contribution in [3.8, 4) is 5.75 Å². The number of carbonyl (C=O) groups excluding carboxylic acids is 1. The number of hydrogen-bond acceptors (Lipinski definition) is 3. The Morgan fingerprint density at radius 1 is 1.38 bits per heavy atom. The molecule has 114 valence electrons. The number of nitrogens with one attached hydrogen (secondary N) is 1. The topological polar surface area (TPSA) is 41.6 Å². The van der Waals surface area contributed by atoms with Gasteiger partial charge < -0.3 is 15.0 Å². The summed E-state index contributed by atoms with van der Waals surface area (Å²) in [5, 5.41) is 4.26. The van der Waals surface area contributed by atoms with Crippen molar-refractivity contribution in [2.24, 2.45) is 0 Å². The Hall–Kier alpha value is -1.26. The summed E-state index contributed by atoms with van der Waals surface area (Å²) in [5.41, 5.74) is 0.951. The lowest BCUT2D eigenvalue weighted by Gasteiger charge is -2.24. The molecule has 0 aliphatic carbocycles. The second-order valence-electron chi connectivity index (χ2n) is 5.96. The average molecular weight is 309 g/mol. The van der Waals surface area contributed by atoms with Crippen LogP contribution in [0.2, 0.25) is 5.02 Å².